The minimum atomic E-state index is -3.95. The van der Waals surface area contributed by atoms with Gasteiger partial charge in [-0.3, -0.25) is 9.10 Å². The van der Waals surface area contributed by atoms with Crippen molar-refractivity contribution in [3.05, 3.63) is 94.5 Å². The molecule has 1 saturated carbocycles. The second-order valence-electron chi connectivity index (χ2n) is 8.78. The summed E-state index contributed by atoms with van der Waals surface area (Å²) >= 11 is 6.04. The third-order valence-electron chi connectivity index (χ3n) is 6.21. The van der Waals surface area contributed by atoms with Gasteiger partial charge in [0.25, 0.3) is 15.9 Å². The third-order valence-corrected chi connectivity index (χ3v) is 8.23. The largest absolute Gasteiger partial charge is 0.349 e. The number of aryl methyl sites for hydroxylation is 1. The van der Waals surface area contributed by atoms with E-state index in [2.05, 4.69) is 5.32 Å². The highest BCUT2D eigenvalue weighted by atomic mass is 35.5. The van der Waals surface area contributed by atoms with Crippen LogP contribution in [0.15, 0.2) is 77.7 Å². The maximum atomic E-state index is 13.8. The summed E-state index contributed by atoms with van der Waals surface area (Å²) in [4.78, 5) is 13.5. The Morgan fingerprint density at radius 1 is 0.941 bits per heavy atom. The average molecular weight is 497 g/mol. The number of nitrogens with zero attached hydrogens (tertiary/aromatic N) is 1. The highest BCUT2D eigenvalue weighted by Crippen LogP contribution is 2.30. The van der Waals surface area contributed by atoms with Gasteiger partial charge in [0, 0.05) is 11.1 Å². The van der Waals surface area contributed by atoms with Crippen LogP contribution in [0.4, 0.5) is 5.69 Å². The van der Waals surface area contributed by atoms with Crippen molar-refractivity contribution >= 4 is 33.2 Å². The normalized spacial score (nSPS) is 14.5. The maximum absolute atomic E-state index is 13.8. The first-order valence-electron chi connectivity index (χ1n) is 11.6. The zero-order valence-corrected chi connectivity index (χ0v) is 20.8. The molecule has 0 aliphatic heterocycles. The van der Waals surface area contributed by atoms with Crippen LogP contribution in [0.25, 0.3) is 0 Å². The molecule has 7 heteroatoms. The van der Waals surface area contributed by atoms with Gasteiger partial charge in [0.05, 0.1) is 22.7 Å². The van der Waals surface area contributed by atoms with E-state index in [1.54, 1.807) is 72.8 Å². The van der Waals surface area contributed by atoms with Crippen molar-refractivity contribution in [1.29, 1.82) is 0 Å². The standard InChI is InChI=1S/C27H29ClN2O3S/c1-20-11-17-24(18-12-20)34(32,33)30(19-21-13-15-22(28)16-14-21)26-10-6-5-9-25(26)27(31)29-23-7-3-2-4-8-23/h5-6,9-18,23H,2-4,7-8,19H2,1H3,(H,29,31). The molecule has 0 atom stereocenters. The molecular weight excluding hydrogens is 468 g/mol. The fourth-order valence-electron chi connectivity index (χ4n) is 4.29. The second-order valence-corrected chi connectivity index (χ2v) is 11.1. The van der Waals surface area contributed by atoms with Gasteiger partial charge in [-0.1, -0.05) is 72.8 Å². The van der Waals surface area contributed by atoms with Gasteiger partial charge in [0.2, 0.25) is 0 Å². The number of rotatable bonds is 7. The quantitative estimate of drug-likeness (QED) is 0.429. The first kappa shape index (κ1) is 24.3. The fourth-order valence-corrected chi connectivity index (χ4v) is 5.88. The predicted molar refractivity (Wildman–Crippen MR) is 137 cm³/mol. The summed E-state index contributed by atoms with van der Waals surface area (Å²) in [6, 6.07) is 20.8. The first-order chi connectivity index (χ1) is 16.3. The van der Waals surface area contributed by atoms with Gasteiger partial charge in [-0.2, -0.15) is 0 Å². The third kappa shape index (κ3) is 5.62. The van der Waals surface area contributed by atoms with E-state index in [0.717, 1.165) is 36.8 Å². The number of carbonyl (C=O) groups excluding carboxylic acids is 1. The molecule has 5 nitrogen and oxygen atoms in total. The molecule has 0 unspecified atom stereocenters. The smallest absolute Gasteiger partial charge is 0.264 e. The van der Waals surface area contributed by atoms with Gasteiger partial charge in [-0.05, 0) is 61.7 Å². The molecule has 0 bridgehead atoms. The molecule has 1 amide bonds. The van der Waals surface area contributed by atoms with E-state index in [1.165, 1.54) is 10.7 Å². The lowest BCUT2D eigenvalue weighted by atomic mass is 9.95. The molecule has 3 aromatic rings. The van der Waals surface area contributed by atoms with Crippen molar-refractivity contribution in [2.75, 3.05) is 4.31 Å². The van der Waals surface area contributed by atoms with Crippen LogP contribution in [0.2, 0.25) is 5.02 Å². The number of nitrogens with one attached hydrogen (secondary N) is 1. The summed E-state index contributed by atoms with van der Waals surface area (Å²) in [5.74, 6) is -0.247. The van der Waals surface area contributed by atoms with Crippen molar-refractivity contribution in [2.45, 2.75) is 56.5 Å². The van der Waals surface area contributed by atoms with Crippen LogP contribution >= 0.6 is 11.6 Å². The molecule has 0 saturated heterocycles. The van der Waals surface area contributed by atoms with E-state index in [-0.39, 0.29) is 23.4 Å². The minimum absolute atomic E-state index is 0.0705. The van der Waals surface area contributed by atoms with E-state index in [1.807, 2.05) is 6.92 Å². The van der Waals surface area contributed by atoms with Crippen molar-refractivity contribution in [2.24, 2.45) is 0 Å². The zero-order valence-electron chi connectivity index (χ0n) is 19.2. The van der Waals surface area contributed by atoms with Crippen LogP contribution in [0, 0.1) is 6.92 Å². The zero-order chi connectivity index (χ0) is 24.1. The number of hydrogen-bond donors (Lipinski definition) is 1. The van der Waals surface area contributed by atoms with Gasteiger partial charge < -0.3 is 5.32 Å². The molecule has 34 heavy (non-hydrogen) atoms. The molecule has 0 radical (unpaired) electrons. The van der Waals surface area contributed by atoms with Crippen LogP contribution in [-0.4, -0.2) is 20.4 Å². The van der Waals surface area contributed by atoms with Gasteiger partial charge in [0.15, 0.2) is 0 Å². The van der Waals surface area contributed by atoms with E-state index in [9.17, 15) is 13.2 Å². The number of sulfonamides is 1. The molecule has 178 valence electrons. The highest BCUT2D eigenvalue weighted by molar-refractivity contribution is 7.92. The second kappa shape index (κ2) is 10.6. The maximum Gasteiger partial charge on any atom is 0.264 e. The first-order valence-corrected chi connectivity index (χ1v) is 13.4. The Morgan fingerprint density at radius 3 is 2.26 bits per heavy atom. The summed E-state index contributed by atoms with van der Waals surface area (Å²) in [7, 11) is -3.95. The Morgan fingerprint density at radius 2 is 1.59 bits per heavy atom. The molecule has 0 heterocycles. The Labute approximate surface area is 206 Å². The lowest BCUT2D eigenvalue weighted by Crippen LogP contribution is -2.38. The molecular formula is C27H29ClN2O3S. The molecule has 1 aliphatic rings. The van der Waals surface area contributed by atoms with Gasteiger partial charge in [-0.15, -0.1) is 0 Å². The number of benzene rings is 3. The molecule has 0 aromatic heterocycles. The van der Waals surface area contributed by atoms with Crippen LogP contribution in [0.1, 0.15) is 53.6 Å². The Bertz CT molecular complexity index is 1240. The number of para-hydroxylation sites is 1. The van der Waals surface area contributed by atoms with E-state index in [4.69, 9.17) is 11.6 Å². The van der Waals surface area contributed by atoms with Crippen molar-refractivity contribution in [3.8, 4) is 0 Å². The molecule has 0 spiro atoms. The number of hydrogen-bond acceptors (Lipinski definition) is 3. The topological polar surface area (TPSA) is 66.5 Å². The SMILES string of the molecule is Cc1ccc(S(=O)(=O)N(Cc2ccc(Cl)cc2)c2ccccc2C(=O)NC2CCCCC2)cc1. The predicted octanol–water partition coefficient (Wildman–Crippen LogP) is 6.11. The van der Waals surface area contributed by atoms with Crippen LogP contribution in [0.5, 0.6) is 0 Å². The number of halogens is 1. The molecule has 1 fully saturated rings. The lowest BCUT2D eigenvalue weighted by Gasteiger charge is -2.28. The number of anilines is 1. The van der Waals surface area contributed by atoms with Crippen molar-refractivity contribution < 1.29 is 13.2 Å². The average Bonchev–Trinajstić information content (AvgIpc) is 2.84. The van der Waals surface area contributed by atoms with E-state index >= 15 is 0 Å². The summed E-state index contributed by atoms with van der Waals surface area (Å²) in [6.07, 6.45) is 5.27. The van der Waals surface area contributed by atoms with Crippen LogP contribution < -0.4 is 9.62 Å². The van der Waals surface area contributed by atoms with Crippen LogP contribution in [0.3, 0.4) is 0 Å². The van der Waals surface area contributed by atoms with Gasteiger partial charge in [-0.25, -0.2) is 8.42 Å². The highest BCUT2D eigenvalue weighted by Gasteiger charge is 2.29. The molecule has 1 N–H and O–H groups in total. The van der Waals surface area contributed by atoms with E-state index < -0.39 is 10.0 Å². The van der Waals surface area contributed by atoms with Crippen molar-refractivity contribution in [1.82, 2.24) is 5.32 Å². The molecule has 4 rings (SSSR count). The fraction of sp³-hybridized carbons (Fsp3) is 0.296. The Hall–Kier alpha value is -2.83. The Balaban J connectivity index is 1.75. The molecule has 3 aromatic carbocycles. The van der Waals surface area contributed by atoms with Gasteiger partial charge >= 0.3 is 0 Å². The lowest BCUT2D eigenvalue weighted by molar-refractivity contribution is 0.0928. The van der Waals surface area contributed by atoms with Crippen molar-refractivity contribution in [3.63, 3.8) is 0 Å². The number of amides is 1. The monoisotopic (exact) mass is 496 g/mol. The summed E-state index contributed by atoms with van der Waals surface area (Å²) < 4.78 is 29.0. The van der Waals surface area contributed by atoms with E-state index in [0.29, 0.717) is 16.3 Å². The number of carbonyl (C=O) groups is 1. The molecule has 1 aliphatic carbocycles. The van der Waals surface area contributed by atoms with Crippen LogP contribution in [-0.2, 0) is 16.6 Å². The van der Waals surface area contributed by atoms with Gasteiger partial charge in [0.1, 0.15) is 0 Å². The summed E-state index contributed by atoms with van der Waals surface area (Å²) in [5.41, 5.74) is 2.43. The Kier molecular flexibility index (Phi) is 7.59. The summed E-state index contributed by atoms with van der Waals surface area (Å²) in [6.45, 7) is 1.98. The summed E-state index contributed by atoms with van der Waals surface area (Å²) in [5, 5.41) is 3.70. The minimum Gasteiger partial charge on any atom is -0.349 e.